The van der Waals surface area contributed by atoms with Gasteiger partial charge in [-0.25, -0.2) is 0 Å². The van der Waals surface area contributed by atoms with Crippen molar-refractivity contribution in [2.45, 2.75) is 13.0 Å². The average molecular weight is 310 g/mol. The molecule has 0 aliphatic rings. The minimum absolute atomic E-state index is 0.257. The number of halogens is 2. The third-order valence-corrected chi connectivity index (χ3v) is 3.15. The van der Waals surface area contributed by atoms with Crippen molar-refractivity contribution >= 4 is 34.8 Å². The largest absolute Gasteiger partial charge is 0.479 e. The summed E-state index contributed by atoms with van der Waals surface area (Å²) in [5.74, 6) is 0.127. The Hall–Kier alpha value is -1.71. The van der Waals surface area contributed by atoms with E-state index in [1.54, 1.807) is 37.3 Å². The second-order valence-corrected chi connectivity index (χ2v) is 5.03. The van der Waals surface area contributed by atoms with Crippen molar-refractivity contribution in [2.75, 3.05) is 5.32 Å². The highest BCUT2D eigenvalue weighted by Gasteiger charge is 2.16. The lowest BCUT2D eigenvalue weighted by atomic mass is 10.3. The molecule has 2 aromatic carbocycles. The minimum atomic E-state index is -0.689. The molecular weight excluding hydrogens is 297 g/mol. The first kappa shape index (κ1) is 14.7. The van der Waals surface area contributed by atoms with Gasteiger partial charge in [0.1, 0.15) is 5.75 Å². The monoisotopic (exact) mass is 309 g/mol. The van der Waals surface area contributed by atoms with Gasteiger partial charge in [0.05, 0.1) is 5.02 Å². The third-order valence-electron chi connectivity index (χ3n) is 2.61. The molecule has 1 N–H and O–H groups in total. The van der Waals surface area contributed by atoms with Crippen molar-refractivity contribution in [3.63, 3.8) is 0 Å². The maximum Gasteiger partial charge on any atom is 0.265 e. The van der Waals surface area contributed by atoms with Gasteiger partial charge in [-0.05, 0) is 31.2 Å². The first-order chi connectivity index (χ1) is 9.56. The molecule has 0 radical (unpaired) electrons. The molecule has 1 amide bonds. The van der Waals surface area contributed by atoms with Gasteiger partial charge in [-0.15, -0.1) is 0 Å². The summed E-state index contributed by atoms with van der Waals surface area (Å²) in [5, 5.41) is 3.67. The molecule has 1 unspecified atom stereocenters. The van der Waals surface area contributed by atoms with Gasteiger partial charge in [0.25, 0.3) is 5.91 Å². The zero-order valence-corrected chi connectivity index (χ0v) is 12.3. The number of hydrogen-bond acceptors (Lipinski definition) is 2. The number of benzene rings is 2. The zero-order chi connectivity index (χ0) is 14.5. The van der Waals surface area contributed by atoms with Crippen LogP contribution in [0.4, 0.5) is 5.69 Å². The number of carbonyl (C=O) groups excluding carboxylic acids is 1. The van der Waals surface area contributed by atoms with E-state index in [-0.39, 0.29) is 5.91 Å². The molecule has 0 saturated carbocycles. The second-order valence-electron chi connectivity index (χ2n) is 4.19. The van der Waals surface area contributed by atoms with Gasteiger partial charge in [-0.3, -0.25) is 4.79 Å². The van der Waals surface area contributed by atoms with Crippen molar-refractivity contribution in [2.24, 2.45) is 0 Å². The summed E-state index contributed by atoms with van der Waals surface area (Å²) in [4.78, 5) is 12.0. The molecule has 20 heavy (non-hydrogen) atoms. The first-order valence-electron chi connectivity index (χ1n) is 6.04. The summed E-state index contributed by atoms with van der Waals surface area (Å²) in [5.41, 5.74) is 0.713. The number of ether oxygens (including phenoxy) is 1. The molecular formula is C15H13Cl2NO2. The third kappa shape index (κ3) is 3.89. The fourth-order valence-electron chi connectivity index (χ4n) is 1.58. The van der Waals surface area contributed by atoms with E-state index in [2.05, 4.69) is 5.32 Å². The Labute approximate surface area is 127 Å². The Balaban J connectivity index is 2.02. The lowest BCUT2D eigenvalue weighted by Gasteiger charge is -2.15. The summed E-state index contributed by atoms with van der Waals surface area (Å²) < 4.78 is 5.53. The number of carbonyl (C=O) groups is 1. The van der Waals surface area contributed by atoms with E-state index >= 15 is 0 Å². The van der Waals surface area contributed by atoms with Gasteiger partial charge < -0.3 is 10.1 Å². The highest BCUT2D eigenvalue weighted by Crippen LogP contribution is 2.28. The van der Waals surface area contributed by atoms with Crippen molar-refractivity contribution in [1.29, 1.82) is 0 Å². The summed E-state index contributed by atoms with van der Waals surface area (Å²) in [7, 11) is 0. The van der Waals surface area contributed by atoms with Gasteiger partial charge in [-0.2, -0.15) is 0 Å². The van der Waals surface area contributed by atoms with Gasteiger partial charge >= 0.3 is 0 Å². The molecule has 0 aliphatic carbocycles. The van der Waals surface area contributed by atoms with Crippen LogP contribution in [0, 0.1) is 0 Å². The maximum atomic E-state index is 12.0. The molecule has 2 rings (SSSR count). The number of anilines is 1. The Morgan fingerprint density at radius 3 is 2.55 bits per heavy atom. The molecule has 104 valence electrons. The van der Waals surface area contributed by atoms with Gasteiger partial charge in [0.2, 0.25) is 0 Å². The standard InChI is InChI=1S/C15H13Cl2NO2/c1-10(15(19)18-12-5-3-2-4-6-12)20-14-9-11(16)7-8-13(14)17/h2-10H,1H3,(H,18,19). The molecule has 5 heteroatoms. The molecule has 0 bridgehead atoms. The topological polar surface area (TPSA) is 38.3 Å². The van der Waals surface area contributed by atoms with Crippen molar-refractivity contribution < 1.29 is 9.53 Å². The molecule has 0 heterocycles. The van der Waals surface area contributed by atoms with E-state index in [9.17, 15) is 4.79 Å². The number of hydrogen-bond donors (Lipinski definition) is 1. The van der Waals surface area contributed by atoms with Crippen LogP contribution in [-0.4, -0.2) is 12.0 Å². The smallest absolute Gasteiger partial charge is 0.265 e. The highest BCUT2D eigenvalue weighted by atomic mass is 35.5. The maximum absolute atomic E-state index is 12.0. The van der Waals surface area contributed by atoms with Crippen LogP contribution in [-0.2, 0) is 4.79 Å². The summed E-state index contributed by atoms with van der Waals surface area (Å²) in [6, 6.07) is 14.0. The SMILES string of the molecule is CC(Oc1cc(Cl)ccc1Cl)C(=O)Nc1ccccc1. The van der Waals surface area contributed by atoms with Crippen LogP contribution in [0.1, 0.15) is 6.92 Å². The second kappa shape index (κ2) is 6.64. The molecule has 0 aliphatic heterocycles. The van der Waals surface area contributed by atoms with Crippen LogP contribution in [0.15, 0.2) is 48.5 Å². The molecule has 1 atom stereocenters. The normalized spacial score (nSPS) is 11.8. The van der Waals surface area contributed by atoms with Gasteiger partial charge in [0.15, 0.2) is 6.10 Å². The number of para-hydroxylation sites is 1. The van der Waals surface area contributed by atoms with Crippen LogP contribution >= 0.6 is 23.2 Å². The van der Waals surface area contributed by atoms with Crippen molar-refractivity contribution in [3.8, 4) is 5.75 Å². The van der Waals surface area contributed by atoms with Gasteiger partial charge in [-0.1, -0.05) is 41.4 Å². The van der Waals surface area contributed by atoms with Crippen molar-refractivity contribution in [3.05, 3.63) is 58.6 Å². The molecule has 0 aromatic heterocycles. The van der Waals surface area contributed by atoms with Crippen LogP contribution in [0.25, 0.3) is 0 Å². The number of rotatable bonds is 4. The fraction of sp³-hybridized carbons (Fsp3) is 0.133. The predicted octanol–water partition coefficient (Wildman–Crippen LogP) is 4.40. The van der Waals surface area contributed by atoms with E-state index in [4.69, 9.17) is 27.9 Å². The van der Waals surface area contributed by atoms with E-state index in [1.807, 2.05) is 18.2 Å². The number of nitrogens with one attached hydrogen (secondary N) is 1. The summed E-state index contributed by atoms with van der Waals surface area (Å²) in [6.45, 7) is 1.65. The average Bonchev–Trinajstić information content (AvgIpc) is 2.44. The Bertz CT molecular complexity index is 602. The lowest BCUT2D eigenvalue weighted by molar-refractivity contribution is -0.122. The quantitative estimate of drug-likeness (QED) is 0.909. The predicted molar refractivity (Wildman–Crippen MR) is 81.6 cm³/mol. The molecule has 0 fully saturated rings. The number of amides is 1. The summed E-state index contributed by atoms with van der Waals surface area (Å²) >= 11 is 11.9. The van der Waals surface area contributed by atoms with E-state index in [1.165, 1.54) is 0 Å². The highest BCUT2D eigenvalue weighted by molar-refractivity contribution is 6.34. The lowest BCUT2D eigenvalue weighted by Crippen LogP contribution is -2.30. The Morgan fingerprint density at radius 1 is 1.15 bits per heavy atom. The van der Waals surface area contributed by atoms with E-state index in [0.29, 0.717) is 21.5 Å². The van der Waals surface area contributed by atoms with Crippen LogP contribution < -0.4 is 10.1 Å². The van der Waals surface area contributed by atoms with Crippen LogP contribution in [0.5, 0.6) is 5.75 Å². The molecule has 2 aromatic rings. The van der Waals surface area contributed by atoms with Gasteiger partial charge in [0, 0.05) is 16.8 Å². The molecule has 3 nitrogen and oxygen atoms in total. The van der Waals surface area contributed by atoms with E-state index in [0.717, 1.165) is 0 Å². The van der Waals surface area contributed by atoms with Crippen LogP contribution in [0.2, 0.25) is 10.0 Å². The summed E-state index contributed by atoms with van der Waals surface area (Å²) in [6.07, 6.45) is -0.689. The van der Waals surface area contributed by atoms with Crippen molar-refractivity contribution in [1.82, 2.24) is 0 Å². The molecule has 0 saturated heterocycles. The molecule has 0 spiro atoms. The van der Waals surface area contributed by atoms with Crippen LogP contribution in [0.3, 0.4) is 0 Å². The Morgan fingerprint density at radius 2 is 1.85 bits per heavy atom. The fourth-order valence-corrected chi connectivity index (χ4v) is 1.90. The Kier molecular flexibility index (Phi) is 4.88. The minimum Gasteiger partial charge on any atom is -0.479 e. The zero-order valence-electron chi connectivity index (χ0n) is 10.8. The first-order valence-corrected chi connectivity index (χ1v) is 6.79. The van der Waals surface area contributed by atoms with E-state index < -0.39 is 6.10 Å².